The molecular weight excluding hydrogens is 248 g/mol. The minimum Gasteiger partial charge on any atom is -0.365 e. The van der Waals surface area contributed by atoms with E-state index in [4.69, 9.17) is 5.73 Å². The highest BCUT2D eigenvalue weighted by Gasteiger charge is 2.26. The zero-order valence-electron chi connectivity index (χ0n) is 10.3. The predicted octanol–water partition coefficient (Wildman–Crippen LogP) is 2.10. The van der Waals surface area contributed by atoms with Gasteiger partial charge < -0.3 is 11.1 Å². The Morgan fingerprint density at radius 2 is 2.28 bits per heavy atom. The summed E-state index contributed by atoms with van der Waals surface area (Å²) in [6, 6.07) is 0. The number of amides is 2. The van der Waals surface area contributed by atoms with Gasteiger partial charge in [0, 0.05) is 4.88 Å². The lowest BCUT2D eigenvalue weighted by atomic mass is 9.88. The predicted molar refractivity (Wildman–Crippen MR) is 72.9 cm³/mol. The van der Waals surface area contributed by atoms with E-state index in [-0.39, 0.29) is 5.91 Å². The molecule has 18 heavy (non-hydrogen) atoms. The van der Waals surface area contributed by atoms with Crippen molar-refractivity contribution in [1.82, 2.24) is 0 Å². The van der Waals surface area contributed by atoms with Gasteiger partial charge in [-0.3, -0.25) is 9.59 Å². The van der Waals surface area contributed by atoms with Crippen LogP contribution in [0, 0.1) is 5.92 Å². The summed E-state index contributed by atoms with van der Waals surface area (Å²) in [7, 11) is 0. The molecule has 4 nitrogen and oxygen atoms in total. The second kappa shape index (κ2) is 4.94. The first-order valence-corrected chi connectivity index (χ1v) is 6.72. The lowest BCUT2D eigenvalue weighted by Crippen LogP contribution is -2.18. The van der Waals surface area contributed by atoms with E-state index in [1.807, 2.05) is 0 Å². The number of hydrogen-bond acceptors (Lipinski definition) is 3. The van der Waals surface area contributed by atoms with Gasteiger partial charge >= 0.3 is 0 Å². The summed E-state index contributed by atoms with van der Waals surface area (Å²) in [5.74, 6) is -0.176. The van der Waals surface area contributed by atoms with Crippen molar-refractivity contribution in [1.29, 1.82) is 0 Å². The Morgan fingerprint density at radius 3 is 2.89 bits per heavy atom. The number of hydrogen-bond donors (Lipinski definition) is 2. The highest BCUT2D eigenvalue weighted by molar-refractivity contribution is 7.17. The monoisotopic (exact) mass is 264 g/mol. The number of fused-ring (bicyclic) bond motifs is 1. The Balaban J connectivity index is 2.43. The number of nitrogens with one attached hydrogen (secondary N) is 1. The van der Waals surface area contributed by atoms with E-state index >= 15 is 0 Å². The summed E-state index contributed by atoms with van der Waals surface area (Å²) >= 11 is 1.46. The first kappa shape index (κ1) is 12.8. The molecule has 96 valence electrons. The molecule has 3 N–H and O–H groups in total. The van der Waals surface area contributed by atoms with Gasteiger partial charge in [0.2, 0.25) is 5.91 Å². The van der Waals surface area contributed by atoms with Gasteiger partial charge in [-0.25, -0.2) is 0 Å². The quantitative estimate of drug-likeness (QED) is 0.821. The lowest BCUT2D eigenvalue weighted by molar-refractivity contribution is -0.111. The van der Waals surface area contributed by atoms with Crippen molar-refractivity contribution >= 4 is 28.2 Å². The third-order valence-electron chi connectivity index (χ3n) is 3.18. The number of anilines is 1. The maximum Gasteiger partial charge on any atom is 0.251 e. The number of nitrogens with two attached hydrogens (primary N) is 1. The van der Waals surface area contributed by atoms with Crippen molar-refractivity contribution in [3.8, 4) is 0 Å². The second-order valence-corrected chi connectivity index (χ2v) is 5.72. The minimum absolute atomic E-state index is 0.316. The molecule has 0 aliphatic heterocycles. The van der Waals surface area contributed by atoms with Gasteiger partial charge in [-0.15, -0.1) is 11.3 Å². The van der Waals surface area contributed by atoms with Crippen molar-refractivity contribution < 1.29 is 9.59 Å². The molecule has 1 aliphatic rings. The number of primary amides is 1. The molecule has 1 aromatic heterocycles. The standard InChI is InChI=1S/C13H16N2O2S/c1-3-10(16)15-13-11(12(14)17)8-5-4-7(2)6-9(8)18-13/h3,7H,1,4-6H2,2H3,(H2,14,17)(H,15,16). The average molecular weight is 264 g/mol. The molecule has 0 saturated heterocycles. The first-order chi connectivity index (χ1) is 8.52. The van der Waals surface area contributed by atoms with Crippen LogP contribution in [0.5, 0.6) is 0 Å². The smallest absolute Gasteiger partial charge is 0.251 e. The molecule has 0 radical (unpaired) electrons. The van der Waals surface area contributed by atoms with E-state index in [0.717, 1.165) is 24.8 Å². The molecule has 0 fully saturated rings. The van der Waals surface area contributed by atoms with Gasteiger partial charge in [-0.2, -0.15) is 0 Å². The summed E-state index contributed by atoms with van der Waals surface area (Å²) in [4.78, 5) is 24.1. The Labute approximate surface area is 110 Å². The molecule has 0 bridgehead atoms. The van der Waals surface area contributed by atoms with E-state index in [2.05, 4.69) is 18.8 Å². The number of carbonyl (C=O) groups excluding carboxylic acids is 2. The Hall–Kier alpha value is -1.62. The highest BCUT2D eigenvalue weighted by Crippen LogP contribution is 2.39. The maximum atomic E-state index is 11.6. The third-order valence-corrected chi connectivity index (χ3v) is 4.35. The lowest BCUT2D eigenvalue weighted by Gasteiger charge is -2.18. The highest BCUT2D eigenvalue weighted by atomic mass is 32.1. The summed E-state index contributed by atoms with van der Waals surface area (Å²) in [5.41, 5.74) is 6.93. The van der Waals surface area contributed by atoms with Crippen LogP contribution in [0.25, 0.3) is 0 Å². The number of rotatable bonds is 3. The molecule has 2 rings (SSSR count). The summed E-state index contributed by atoms with van der Waals surface area (Å²) in [6.45, 7) is 5.59. The Kier molecular flexibility index (Phi) is 3.52. The van der Waals surface area contributed by atoms with Crippen LogP contribution in [-0.4, -0.2) is 11.8 Å². The van der Waals surface area contributed by atoms with Crippen molar-refractivity contribution in [3.05, 3.63) is 28.7 Å². The van der Waals surface area contributed by atoms with E-state index in [9.17, 15) is 9.59 Å². The van der Waals surface area contributed by atoms with E-state index in [0.29, 0.717) is 16.5 Å². The third kappa shape index (κ3) is 2.31. The van der Waals surface area contributed by atoms with E-state index in [1.54, 1.807) is 0 Å². The zero-order chi connectivity index (χ0) is 13.3. The number of carbonyl (C=O) groups is 2. The molecule has 1 unspecified atom stereocenters. The van der Waals surface area contributed by atoms with Gasteiger partial charge in [0.25, 0.3) is 5.91 Å². The van der Waals surface area contributed by atoms with Gasteiger partial charge in [-0.1, -0.05) is 13.5 Å². The van der Waals surface area contributed by atoms with Crippen LogP contribution < -0.4 is 11.1 Å². The molecule has 1 aromatic rings. The first-order valence-electron chi connectivity index (χ1n) is 5.90. The van der Waals surface area contributed by atoms with Gasteiger partial charge in [0.1, 0.15) is 5.00 Å². The van der Waals surface area contributed by atoms with Crippen LogP contribution in [0.3, 0.4) is 0 Å². The van der Waals surface area contributed by atoms with Crippen molar-refractivity contribution in [2.24, 2.45) is 11.7 Å². The Bertz CT molecular complexity index is 519. The molecule has 0 saturated carbocycles. The normalized spacial score (nSPS) is 17.9. The molecule has 0 spiro atoms. The SMILES string of the molecule is C=CC(=O)Nc1sc2c(c1C(N)=O)CCC(C)C2. The largest absolute Gasteiger partial charge is 0.365 e. The molecule has 5 heteroatoms. The Morgan fingerprint density at radius 1 is 1.56 bits per heavy atom. The van der Waals surface area contributed by atoms with Crippen LogP contribution in [0.2, 0.25) is 0 Å². The average Bonchev–Trinajstić information content (AvgIpc) is 2.65. The fourth-order valence-electron chi connectivity index (χ4n) is 2.26. The van der Waals surface area contributed by atoms with E-state index < -0.39 is 5.91 Å². The zero-order valence-corrected chi connectivity index (χ0v) is 11.1. The van der Waals surface area contributed by atoms with Crippen LogP contribution >= 0.6 is 11.3 Å². The fraction of sp³-hybridized carbons (Fsp3) is 0.385. The molecule has 0 aromatic carbocycles. The molecular formula is C13H16N2O2S. The minimum atomic E-state index is -0.471. The second-order valence-electron chi connectivity index (χ2n) is 4.61. The maximum absolute atomic E-state index is 11.6. The molecule has 1 heterocycles. The van der Waals surface area contributed by atoms with Gasteiger partial charge in [0.05, 0.1) is 5.56 Å². The summed E-state index contributed by atoms with van der Waals surface area (Å²) in [6.07, 6.45) is 4.05. The topological polar surface area (TPSA) is 72.2 Å². The number of thiophene rings is 1. The van der Waals surface area contributed by atoms with Gasteiger partial charge in [0.15, 0.2) is 0 Å². The van der Waals surface area contributed by atoms with Crippen molar-refractivity contribution in [3.63, 3.8) is 0 Å². The van der Waals surface area contributed by atoms with Crippen molar-refractivity contribution in [2.45, 2.75) is 26.2 Å². The van der Waals surface area contributed by atoms with E-state index in [1.165, 1.54) is 22.3 Å². The van der Waals surface area contributed by atoms with Crippen LogP contribution in [0.1, 0.15) is 34.1 Å². The van der Waals surface area contributed by atoms with Crippen molar-refractivity contribution in [2.75, 3.05) is 5.32 Å². The molecule has 1 atom stereocenters. The van der Waals surface area contributed by atoms with Gasteiger partial charge in [-0.05, 0) is 36.8 Å². The molecule has 2 amide bonds. The van der Waals surface area contributed by atoms with Crippen LogP contribution in [0.15, 0.2) is 12.7 Å². The van der Waals surface area contributed by atoms with Crippen LogP contribution in [-0.2, 0) is 17.6 Å². The van der Waals surface area contributed by atoms with Crippen LogP contribution in [0.4, 0.5) is 5.00 Å². The summed E-state index contributed by atoms with van der Waals surface area (Å²) in [5, 5.41) is 3.24. The fourth-order valence-corrected chi connectivity index (χ4v) is 3.68. The molecule has 1 aliphatic carbocycles. The summed E-state index contributed by atoms with van der Waals surface area (Å²) < 4.78 is 0.